The molecule has 0 unspecified atom stereocenters. The van der Waals surface area contributed by atoms with Crippen molar-refractivity contribution in [1.82, 2.24) is 20.2 Å². The van der Waals surface area contributed by atoms with Crippen molar-refractivity contribution in [2.45, 2.75) is 18.2 Å². The zero-order valence-electron chi connectivity index (χ0n) is 10.8. The summed E-state index contributed by atoms with van der Waals surface area (Å²) in [5, 5.41) is 10.2. The molecule has 2 aromatic rings. The molecular formula is C11H14N6O2S. The van der Waals surface area contributed by atoms with Crippen LogP contribution in [0.25, 0.3) is 0 Å². The van der Waals surface area contributed by atoms with E-state index in [9.17, 15) is 8.42 Å². The van der Waals surface area contributed by atoms with E-state index in [1.807, 2.05) is 6.92 Å². The molecular weight excluding hydrogens is 280 g/mol. The summed E-state index contributed by atoms with van der Waals surface area (Å²) in [7, 11) is -3.76. The summed E-state index contributed by atoms with van der Waals surface area (Å²) in [6, 6.07) is 2.85. The molecule has 2 N–H and O–H groups in total. The zero-order valence-corrected chi connectivity index (χ0v) is 11.6. The molecule has 106 valence electrons. The first-order valence-corrected chi connectivity index (χ1v) is 7.46. The van der Waals surface area contributed by atoms with Gasteiger partial charge in [0.15, 0.2) is 0 Å². The summed E-state index contributed by atoms with van der Waals surface area (Å²) in [6.07, 6.45) is 5.06. The lowest BCUT2D eigenvalue weighted by atomic mass is 10.4. The molecule has 0 radical (unpaired) electrons. The van der Waals surface area contributed by atoms with Crippen LogP contribution in [0.1, 0.15) is 13.3 Å². The van der Waals surface area contributed by atoms with Gasteiger partial charge in [-0.25, -0.2) is 23.1 Å². The van der Waals surface area contributed by atoms with Crippen LogP contribution in [0.4, 0.5) is 11.8 Å². The highest BCUT2D eigenvalue weighted by atomic mass is 32.2. The third kappa shape index (κ3) is 3.60. The fourth-order valence-corrected chi connectivity index (χ4v) is 2.36. The van der Waals surface area contributed by atoms with Gasteiger partial charge < -0.3 is 5.32 Å². The highest BCUT2D eigenvalue weighted by Crippen LogP contribution is 2.15. The molecule has 0 spiro atoms. The molecule has 2 heterocycles. The van der Waals surface area contributed by atoms with Crippen LogP contribution in [0.3, 0.4) is 0 Å². The SMILES string of the molecule is CCCNc1cc(S(=O)(=O)Nc2nccnn2)ccn1. The van der Waals surface area contributed by atoms with E-state index >= 15 is 0 Å². The van der Waals surface area contributed by atoms with Crippen molar-refractivity contribution in [3.05, 3.63) is 30.7 Å². The fourth-order valence-electron chi connectivity index (χ4n) is 1.40. The monoisotopic (exact) mass is 294 g/mol. The number of hydrogen-bond acceptors (Lipinski definition) is 7. The van der Waals surface area contributed by atoms with Crippen molar-refractivity contribution < 1.29 is 8.42 Å². The largest absolute Gasteiger partial charge is 0.370 e. The number of sulfonamides is 1. The quantitative estimate of drug-likeness (QED) is 0.814. The molecule has 2 rings (SSSR count). The van der Waals surface area contributed by atoms with E-state index in [4.69, 9.17) is 0 Å². The summed E-state index contributed by atoms with van der Waals surface area (Å²) >= 11 is 0. The Bertz CT molecular complexity index is 662. The summed E-state index contributed by atoms with van der Waals surface area (Å²) < 4.78 is 26.6. The van der Waals surface area contributed by atoms with E-state index in [0.717, 1.165) is 13.0 Å². The van der Waals surface area contributed by atoms with Crippen molar-refractivity contribution in [2.24, 2.45) is 0 Å². The van der Waals surface area contributed by atoms with Crippen LogP contribution in [0.5, 0.6) is 0 Å². The van der Waals surface area contributed by atoms with E-state index in [2.05, 4.69) is 30.2 Å². The number of pyridine rings is 1. The molecule has 0 aliphatic heterocycles. The Morgan fingerprint density at radius 1 is 1.20 bits per heavy atom. The van der Waals surface area contributed by atoms with Gasteiger partial charge in [-0.05, 0) is 12.5 Å². The van der Waals surface area contributed by atoms with Crippen molar-refractivity contribution in [1.29, 1.82) is 0 Å². The third-order valence-corrected chi connectivity index (χ3v) is 3.63. The summed E-state index contributed by atoms with van der Waals surface area (Å²) in [6.45, 7) is 2.73. The predicted octanol–water partition coefficient (Wildman–Crippen LogP) is 0.889. The number of hydrogen-bond donors (Lipinski definition) is 2. The summed E-state index contributed by atoms with van der Waals surface area (Å²) in [4.78, 5) is 7.90. The smallest absolute Gasteiger partial charge is 0.264 e. The maximum absolute atomic E-state index is 12.2. The minimum absolute atomic E-state index is 0.0765. The van der Waals surface area contributed by atoms with Crippen LogP contribution in [0, 0.1) is 0 Å². The fraction of sp³-hybridized carbons (Fsp3) is 0.273. The second-order valence-corrected chi connectivity index (χ2v) is 5.56. The lowest BCUT2D eigenvalue weighted by Crippen LogP contribution is -2.16. The highest BCUT2D eigenvalue weighted by Gasteiger charge is 2.16. The highest BCUT2D eigenvalue weighted by molar-refractivity contribution is 7.92. The van der Waals surface area contributed by atoms with Gasteiger partial charge in [-0.3, -0.25) is 0 Å². The topological polar surface area (TPSA) is 110 Å². The molecule has 0 saturated carbocycles. The van der Waals surface area contributed by atoms with Gasteiger partial charge in [0, 0.05) is 18.8 Å². The van der Waals surface area contributed by atoms with Crippen molar-refractivity contribution in [3.8, 4) is 0 Å². The van der Waals surface area contributed by atoms with Crippen LogP contribution < -0.4 is 10.0 Å². The maximum atomic E-state index is 12.2. The first-order valence-electron chi connectivity index (χ1n) is 5.98. The van der Waals surface area contributed by atoms with Crippen molar-refractivity contribution >= 4 is 21.8 Å². The Labute approximate surface area is 116 Å². The second kappa shape index (κ2) is 6.24. The molecule has 0 aliphatic rings. The third-order valence-electron chi connectivity index (χ3n) is 2.31. The molecule has 0 aliphatic carbocycles. The number of nitrogens with zero attached hydrogens (tertiary/aromatic N) is 4. The van der Waals surface area contributed by atoms with Gasteiger partial charge in [0.1, 0.15) is 5.82 Å². The van der Waals surface area contributed by atoms with Gasteiger partial charge in [0.05, 0.1) is 17.3 Å². The van der Waals surface area contributed by atoms with Crippen LogP contribution >= 0.6 is 0 Å². The number of nitrogens with one attached hydrogen (secondary N) is 2. The van der Waals surface area contributed by atoms with Crippen molar-refractivity contribution in [2.75, 3.05) is 16.6 Å². The van der Waals surface area contributed by atoms with Gasteiger partial charge in [0.25, 0.3) is 16.0 Å². The second-order valence-electron chi connectivity index (χ2n) is 3.88. The number of anilines is 2. The van der Waals surface area contributed by atoms with Gasteiger partial charge in [-0.15, -0.1) is 5.10 Å². The molecule has 0 aromatic carbocycles. The summed E-state index contributed by atoms with van der Waals surface area (Å²) in [5.74, 6) is 0.425. The minimum Gasteiger partial charge on any atom is -0.370 e. The first-order chi connectivity index (χ1) is 9.62. The Hall–Kier alpha value is -2.29. The average molecular weight is 294 g/mol. The van der Waals surface area contributed by atoms with E-state index < -0.39 is 10.0 Å². The van der Waals surface area contributed by atoms with Crippen LogP contribution in [-0.2, 0) is 10.0 Å². The normalized spacial score (nSPS) is 11.1. The van der Waals surface area contributed by atoms with E-state index in [-0.39, 0.29) is 10.8 Å². The Kier molecular flexibility index (Phi) is 4.41. The van der Waals surface area contributed by atoms with Gasteiger partial charge in [-0.1, -0.05) is 6.92 Å². The molecule has 0 bridgehead atoms. The van der Waals surface area contributed by atoms with Crippen LogP contribution in [0.2, 0.25) is 0 Å². The predicted molar refractivity (Wildman–Crippen MR) is 73.7 cm³/mol. The van der Waals surface area contributed by atoms with Crippen molar-refractivity contribution in [3.63, 3.8) is 0 Å². The Balaban J connectivity index is 2.21. The minimum atomic E-state index is -3.76. The molecule has 2 aromatic heterocycles. The molecule has 20 heavy (non-hydrogen) atoms. The molecule has 9 heteroatoms. The van der Waals surface area contributed by atoms with Crippen LogP contribution in [-0.4, -0.2) is 35.1 Å². The molecule has 0 fully saturated rings. The lowest BCUT2D eigenvalue weighted by molar-refractivity contribution is 0.600. The molecule has 0 saturated heterocycles. The Morgan fingerprint density at radius 2 is 2.05 bits per heavy atom. The average Bonchev–Trinajstić information content (AvgIpc) is 2.46. The number of aromatic nitrogens is 4. The first kappa shape index (κ1) is 14.1. The van der Waals surface area contributed by atoms with Gasteiger partial charge >= 0.3 is 0 Å². The standard InChI is InChI=1S/C11H14N6O2S/c1-2-4-12-10-8-9(3-5-13-10)20(18,19)17-11-14-6-7-15-16-11/h3,5-8H,2,4H2,1H3,(H,12,13)(H,14,16,17). The summed E-state index contributed by atoms with van der Waals surface area (Å²) in [5.41, 5.74) is 0. The van der Waals surface area contributed by atoms with E-state index in [1.54, 1.807) is 0 Å². The van der Waals surface area contributed by atoms with E-state index in [0.29, 0.717) is 5.82 Å². The van der Waals surface area contributed by atoms with Gasteiger partial charge in [-0.2, -0.15) is 5.10 Å². The molecule has 0 atom stereocenters. The lowest BCUT2D eigenvalue weighted by Gasteiger charge is -2.08. The zero-order chi connectivity index (χ0) is 14.4. The van der Waals surface area contributed by atoms with Crippen LogP contribution in [0.15, 0.2) is 35.6 Å². The molecule has 0 amide bonds. The number of rotatable bonds is 6. The maximum Gasteiger partial charge on any atom is 0.264 e. The molecule has 8 nitrogen and oxygen atoms in total. The van der Waals surface area contributed by atoms with Gasteiger partial charge in [0.2, 0.25) is 0 Å². The van der Waals surface area contributed by atoms with E-state index in [1.165, 1.54) is 30.7 Å². The Morgan fingerprint density at radius 3 is 2.75 bits per heavy atom.